The summed E-state index contributed by atoms with van der Waals surface area (Å²) < 4.78 is 38.4. The molecule has 0 spiro atoms. The van der Waals surface area contributed by atoms with Crippen molar-refractivity contribution in [2.24, 2.45) is 0 Å². The van der Waals surface area contributed by atoms with E-state index in [0.29, 0.717) is 25.3 Å². The van der Waals surface area contributed by atoms with Crippen LogP contribution in [0.25, 0.3) is 0 Å². The zero-order chi connectivity index (χ0) is 23.5. The lowest BCUT2D eigenvalue weighted by Gasteiger charge is -2.39. The van der Waals surface area contributed by atoms with Gasteiger partial charge in [-0.3, -0.25) is 9.69 Å². The van der Waals surface area contributed by atoms with Gasteiger partial charge in [0, 0.05) is 31.8 Å². The molecule has 0 radical (unpaired) electrons. The minimum atomic E-state index is -0.699. The maximum absolute atomic E-state index is 14.0. The number of methoxy groups -OCH3 is 1. The molecule has 5 nitrogen and oxygen atoms in total. The number of halogens is 2. The number of nitrogens with one attached hydrogen (secondary N) is 1. The Labute approximate surface area is 194 Å². The van der Waals surface area contributed by atoms with Crippen LogP contribution in [-0.2, 0) is 11.3 Å². The number of benzene rings is 2. The highest BCUT2D eigenvalue weighted by Crippen LogP contribution is 2.38. The van der Waals surface area contributed by atoms with Crippen LogP contribution in [0.3, 0.4) is 0 Å². The van der Waals surface area contributed by atoms with Crippen molar-refractivity contribution in [1.29, 1.82) is 0 Å². The Balaban J connectivity index is 1.39. The van der Waals surface area contributed by atoms with Gasteiger partial charge in [0.25, 0.3) is 5.91 Å². The monoisotopic (exact) mass is 458 g/mol. The fourth-order valence-corrected chi connectivity index (χ4v) is 5.20. The third-order valence-electron chi connectivity index (χ3n) is 7.14. The Morgan fingerprint density at radius 3 is 2.48 bits per heavy atom. The fraction of sp³-hybridized carbons (Fsp3) is 0.500. The maximum Gasteiger partial charge on any atom is 0.254 e. The van der Waals surface area contributed by atoms with Crippen LogP contribution in [0.15, 0.2) is 30.3 Å². The van der Waals surface area contributed by atoms with E-state index in [2.05, 4.69) is 30.1 Å². The van der Waals surface area contributed by atoms with Gasteiger partial charge >= 0.3 is 0 Å². The number of rotatable bonds is 8. The molecule has 2 aromatic carbocycles. The van der Waals surface area contributed by atoms with Crippen molar-refractivity contribution in [3.8, 4) is 5.75 Å². The van der Waals surface area contributed by atoms with Crippen LogP contribution in [-0.4, -0.2) is 49.3 Å². The van der Waals surface area contributed by atoms with Crippen LogP contribution in [0, 0.1) is 25.5 Å². The highest BCUT2D eigenvalue weighted by Gasteiger charge is 2.41. The second-order valence-corrected chi connectivity index (χ2v) is 9.14. The summed E-state index contributed by atoms with van der Waals surface area (Å²) in [6, 6.07) is 7.85. The molecule has 2 unspecified atom stereocenters. The van der Waals surface area contributed by atoms with Gasteiger partial charge in [-0.15, -0.1) is 0 Å². The average Bonchev–Trinajstić information content (AvgIpc) is 3.02. The van der Waals surface area contributed by atoms with Crippen molar-refractivity contribution in [3.05, 3.63) is 64.2 Å². The molecule has 2 heterocycles. The van der Waals surface area contributed by atoms with Gasteiger partial charge in [0.05, 0.1) is 12.2 Å². The first-order valence-corrected chi connectivity index (χ1v) is 11.6. The van der Waals surface area contributed by atoms with E-state index in [1.54, 1.807) is 7.11 Å². The van der Waals surface area contributed by atoms with E-state index in [1.165, 1.54) is 11.1 Å². The third kappa shape index (κ3) is 5.20. The molecule has 2 aliphatic heterocycles. The number of ether oxygens (including phenoxy) is 2. The van der Waals surface area contributed by atoms with Crippen LogP contribution in [0.5, 0.6) is 5.75 Å². The number of fused-ring (bicyclic) bond motifs is 2. The minimum absolute atomic E-state index is 0.0340. The predicted octanol–water partition coefficient (Wildman–Crippen LogP) is 4.53. The average molecular weight is 459 g/mol. The number of nitrogens with zero attached hydrogens (tertiary/aromatic N) is 1. The van der Waals surface area contributed by atoms with Crippen molar-refractivity contribution >= 4 is 5.91 Å². The molecule has 2 atom stereocenters. The molecule has 0 aromatic heterocycles. The Kier molecular flexibility index (Phi) is 7.29. The SMILES string of the molecule is COCCOc1ccc(CN2C3CCC2CC(NC(=O)c2cc(F)ccc2F)C3)c(C)c1C. The molecule has 2 saturated heterocycles. The number of carbonyl (C=O) groups is 1. The van der Waals surface area contributed by atoms with Crippen molar-refractivity contribution < 1.29 is 23.0 Å². The molecular weight excluding hydrogens is 426 g/mol. The van der Waals surface area contributed by atoms with Gasteiger partial charge in [-0.2, -0.15) is 0 Å². The maximum atomic E-state index is 14.0. The van der Waals surface area contributed by atoms with Crippen molar-refractivity contribution in [1.82, 2.24) is 10.2 Å². The summed E-state index contributed by atoms with van der Waals surface area (Å²) in [5.41, 5.74) is 3.44. The topological polar surface area (TPSA) is 50.8 Å². The highest BCUT2D eigenvalue weighted by atomic mass is 19.1. The first-order valence-electron chi connectivity index (χ1n) is 11.6. The van der Waals surface area contributed by atoms with E-state index >= 15 is 0 Å². The molecule has 0 aliphatic carbocycles. The Morgan fingerprint density at radius 1 is 1.06 bits per heavy atom. The van der Waals surface area contributed by atoms with Gasteiger partial charge in [-0.05, 0) is 80.5 Å². The first kappa shape index (κ1) is 23.6. The van der Waals surface area contributed by atoms with Crippen LogP contribution in [0.4, 0.5) is 8.78 Å². The summed E-state index contributed by atoms with van der Waals surface area (Å²) in [4.78, 5) is 15.1. The summed E-state index contributed by atoms with van der Waals surface area (Å²) in [5, 5.41) is 2.94. The molecule has 4 rings (SSSR count). The quantitative estimate of drug-likeness (QED) is 0.591. The summed E-state index contributed by atoms with van der Waals surface area (Å²) in [6.07, 6.45) is 3.80. The van der Waals surface area contributed by atoms with Crippen molar-refractivity contribution in [2.45, 2.75) is 64.2 Å². The van der Waals surface area contributed by atoms with Gasteiger partial charge in [-0.25, -0.2) is 8.78 Å². The molecule has 1 amide bonds. The summed E-state index contributed by atoms with van der Waals surface area (Å²) >= 11 is 0. The lowest BCUT2D eigenvalue weighted by atomic mass is 9.94. The zero-order valence-corrected chi connectivity index (χ0v) is 19.5. The standard InChI is InChI=1S/C26H32F2N2O3/c1-16-17(2)25(33-11-10-32-3)9-4-18(16)15-30-21-6-7-22(30)14-20(13-21)29-26(31)23-12-19(27)5-8-24(23)28/h4-5,8-9,12,20-22H,6-7,10-11,13-15H2,1-3H3,(H,29,31). The number of amides is 1. The van der Waals surface area contributed by atoms with Gasteiger partial charge in [-0.1, -0.05) is 6.07 Å². The molecule has 178 valence electrons. The van der Waals surface area contributed by atoms with Gasteiger partial charge < -0.3 is 14.8 Å². The largest absolute Gasteiger partial charge is 0.491 e. The number of piperidine rings is 1. The van der Waals surface area contributed by atoms with E-state index in [0.717, 1.165) is 61.7 Å². The molecule has 1 N–H and O–H groups in total. The molecule has 2 fully saturated rings. The second kappa shape index (κ2) is 10.2. The van der Waals surface area contributed by atoms with E-state index < -0.39 is 17.5 Å². The van der Waals surface area contributed by atoms with Crippen LogP contribution in [0.1, 0.15) is 52.7 Å². The van der Waals surface area contributed by atoms with E-state index in [1.807, 2.05) is 6.07 Å². The summed E-state index contributed by atoms with van der Waals surface area (Å²) in [6.45, 7) is 6.17. The summed E-state index contributed by atoms with van der Waals surface area (Å²) in [5.74, 6) is -0.963. The molecule has 0 saturated carbocycles. The Morgan fingerprint density at radius 2 is 1.79 bits per heavy atom. The lowest BCUT2D eigenvalue weighted by Crippen LogP contribution is -2.50. The van der Waals surface area contributed by atoms with Crippen molar-refractivity contribution in [3.63, 3.8) is 0 Å². The van der Waals surface area contributed by atoms with E-state index in [9.17, 15) is 13.6 Å². The van der Waals surface area contributed by atoms with E-state index in [-0.39, 0.29) is 11.6 Å². The molecule has 33 heavy (non-hydrogen) atoms. The molecule has 2 bridgehead atoms. The van der Waals surface area contributed by atoms with Gasteiger partial charge in [0.1, 0.15) is 24.0 Å². The van der Waals surface area contributed by atoms with Crippen molar-refractivity contribution in [2.75, 3.05) is 20.3 Å². The first-order chi connectivity index (χ1) is 15.9. The third-order valence-corrected chi connectivity index (χ3v) is 7.14. The van der Waals surface area contributed by atoms with Crippen LogP contribution < -0.4 is 10.1 Å². The van der Waals surface area contributed by atoms with Gasteiger partial charge in [0.2, 0.25) is 0 Å². The normalized spacial score (nSPS) is 22.4. The summed E-state index contributed by atoms with van der Waals surface area (Å²) in [7, 11) is 1.66. The van der Waals surface area contributed by atoms with Gasteiger partial charge in [0.15, 0.2) is 0 Å². The molecule has 2 aliphatic rings. The highest BCUT2D eigenvalue weighted by molar-refractivity contribution is 5.94. The predicted molar refractivity (Wildman–Crippen MR) is 122 cm³/mol. The zero-order valence-electron chi connectivity index (χ0n) is 19.5. The molecule has 2 aromatic rings. The number of hydrogen-bond acceptors (Lipinski definition) is 4. The molecular formula is C26H32F2N2O3. The molecule has 7 heteroatoms. The minimum Gasteiger partial charge on any atom is -0.491 e. The van der Waals surface area contributed by atoms with Crippen LogP contribution in [0.2, 0.25) is 0 Å². The second-order valence-electron chi connectivity index (χ2n) is 9.14. The smallest absolute Gasteiger partial charge is 0.254 e. The lowest BCUT2D eigenvalue weighted by molar-refractivity contribution is 0.0823. The number of carbonyl (C=O) groups excluding carboxylic acids is 1. The Hall–Kier alpha value is -2.51. The Bertz CT molecular complexity index is 999. The van der Waals surface area contributed by atoms with E-state index in [4.69, 9.17) is 9.47 Å². The fourth-order valence-electron chi connectivity index (χ4n) is 5.20. The van der Waals surface area contributed by atoms with Crippen LogP contribution >= 0.6 is 0 Å². The number of hydrogen-bond donors (Lipinski definition) is 1.